The van der Waals surface area contributed by atoms with E-state index in [2.05, 4.69) is 48.8 Å². The SMILES string of the molecule is CCCCCC/C=C/C=C/CCCCCCCC(=O)OC[C@H](COP(=O)(O)OC[C@@H](O)CO)OC(=O)CC/C=C/CCCCCCCCCCCCC. The molecule has 1 unspecified atom stereocenters. The predicted octanol–water partition coefficient (Wildman–Crippen LogP) is 10.8. The maximum Gasteiger partial charge on any atom is 0.472 e. The number of esters is 2. The van der Waals surface area contributed by atoms with Crippen LogP contribution in [0.1, 0.15) is 181 Å². The van der Waals surface area contributed by atoms with Crippen LogP contribution in [0.2, 0.25) is 0 Å². The highest BCUT2D eigenvalue weighted by molar-refractivity contribution is 7.47. The molecule has 10 nitrogen and oxygen atoms in total. The molecule has 0 rings (SSSR count). The van der Waals surface area contributed by atoms with Crippen LogP contribution < -0.4 is 0 Å². The second-order valence-electron chi connectivity index (χ2n) is 14.0. The molecule has 11 heteroatoms. The lowest BCUT2D eigenvalue weighted by molar-refractivity contribution is -0.161. The van der Waals surface area contributed by atoms with E-state index in [0.29, 0.717) is 12.8 Å². The maximum absolute atomic E-state index is 12.6. The molecule has 310 valence electrons. The molecule has 53 heavy (non-hydrogen) atoms. The van der Waals surface area contributed by atoms with Gasteiger partial charge >= 0.3 is 19.8 Å². The third-order valence-corrected chi connectivity index (χ3v) is 9.76. The van der Waals surface area contributed by atoms with Crippen molar-refractivity contribution in [2.24, 2.45) is 0 Å². The van der Waals surface area contributed by atoms with Crippen LogP contribution in [0.3, 0.4) is 0 Å². The van der Waals surface area contributed by atoms with Crippen molar-refractivity contribution in [1.29, 1.82) is 0 Å². The van der Waals surface area contributed by atoms with Crippen molar-refractivity contribution < 1.29 is 47.8 Å². The van der Waals surface area contributed by atoms with Gasteiger partial charge in [0.25, 0.3) is 0 Å². The maximum atomic E-state index is 12.6. The Bertz CT molecular complexity index is 983. The Labute approximate surface area is 322 Å². The van der Waals surface area contributed by atoms with Gasteiger partial charge in [-0.1, -0.05) is 153 Å². The summed E-state index contributed by atoms with van der Waals surface area (Å²) in [4.78, 5) is 34.9. The number of unbranched alkanes of at least 4 members (excludes halogenated alkanes) is 20. The Morgan fingerprint density at radius 1 is 0.566 bits per heavy atom. The summed E-state index contributed by atoms with van der Waals surface area (Å²) in [5.74, 6) is -0.998. The smallest absolute Gasteiger partial charge is 0.462 e. The number of aliphatic hydroxyl groups is 2. The van der Waals surface area contributed by atoms with E-state index in [9.17, 15) is 24.2 Å². The monoisotopic (exact) mass is 773 g/mol. The Morgan fingerprint density at radius 3 is 1.57 bits per heavy atom. The Hall–Kier alpha value is -1.81. The largest absolute Gasteiger partial charge is 0.472 e. The fourth-order valence-electron chi connectivity index (χ4n) is 5.53. The van der Waals surface area contributed by atoms with Gasteiger partial charge in [0.1, 0.15) is 12.7 Å². The third kappa shape index (κ3) is 38.3. The minimum atomic E-state index is -4.63. The number of ether oxygens (including phenoxy) is 2. The van der Waals surface area contributed by atoms with Crippen molar-refractivity contribution in [2.75, 3.05) is 26.4 Å². The molecule has 0 aromatic rings. The van der Waals surface area contributed by atoms with Crippen LogP contribution in [0, 0.1) is 0 Å². The highest BCUT2D eigenvalue weighted by Crippen LogP contribution is 2.43. The molecule has 0 amide bonds. The minimum Gasteiger partial charge on any atom is -0.462 e. The van der Waals surface area contributed by atoms with Crippen LogP contribution in [0.25, 0.3) is 0 Å². The fraction of sp³-hybridized carbons (Fsp3) is 0.810. The van der Waals surface area contributed by atoms with Gasteiger partial charge in [-0.2, -0.15) is 0 Å². The normalized spacial score (nSPS) is 14.3. The van der Waals surface area contributed by atoms with E-state index in [1.165, 1.54) is 89.9 Å². The zero-order chi connectivity index (χ0) is 39.1. The molecule has 0 aromatic heterocycles. The molecule has 0 fully saturated rings. The van der Waals surface area contributed by atoms with Crippen LogP contribution >= 0.6 is 7.82 Å². The molecule has 3 atom stereocenters. The second-order valence-corrected chi connectivity index (χ2v) is 15.5. The Kier molecular flexibility index (Phi) is 37.2. The average molecular weight is 773 g/mol. The van der Waals surface area contributed by atoms with Crippen molar-refractivity contribution in [1.82, 2.24) is 0 Å². The lowest BCUT2D eigenvalue weighted by Gasteiger charge is -2.20. The van der Waals surface area contributed by atoms with Crippen molar-refractivity contribution in [3.05, 3.63) is 36.5 Å². The van der Waals surface area contributed by atoms with Gasteiger partial charge in [0.05, 0.1) is 19.8 Å². The number of hydrogen-bond donors (Lipinski definition) is 3. The Morgan fingerprint density at radius 2 is 1.02 bits per heavy atom. The Balaban J connectivity index is 4.39. The van der Waals surface area contributed by atoms with Crippen LogP contribution in [-0.2, 0) is 32.7 Å². The first-order chi connectivity index (χ1) is 25.7. The molecule has 0 aromatic carbocycles. The van der Waals surface area contributed by atoms with Crippen molar-refractivity contribution in [3.8, 4) is 0 Å². The molecule has 0 aliphatic carbocycles. The van der Waals surface area contributed by atoms with Crippen molar-refractivity contribution in [2.45, 2.75) is 193 Å². The van der Waals surface area contributed by atoms with E-state index < -0.39 is 51.8 Å². The molecule has 0 aliphatic heterocycles. The van der Waals surface area contributed by atoms with Crippen LogP contribution in [-0.4, -0.2) is 65.7 Å². The summed E-state index contributed by atoms with van der Waals surface area (Å²) in [5, 5.41) is 18.3. The predicted molar refractivity (Wildman–Crippen MR) is 214 cm³/mol. The summed E-state index contributed by atoms with van der Waals surface area (Å²) < 4.78 is 32.6. The van der Waals surface area contributed by atoms with E-state index in [1.807, 2.05) is 6.08 Å². The molecular weight excluding hydrogens is 695 g/mol. The number of rotatable bonds is 39. The van der Waals surface area contributed by atoms with E-state index in [4.69, 9.17) is 19.1 Å². The summed E-state index contributed by atoms with van der Waals surface area (Å²) in [6.07, 6.45) is 38.4. The number of allylic oxidation sites excluding steroid dienone is 6. The lowest BCUT2D eigenvalue weighted by atomic mass is 10.1. The van der Waals surface area contributed by atoms with Gasteiger partial charge in [-0.15, -0.1) is 0 Å². The van der Waals surface area contributed by atoms with E-state index in [0.717, 1.165) is 51.4 Å². The summed E-state index contributed by atoms with van der Waals surface area (Å²) in [6, 6.07) is 0. The molecule has 0 spiro atoms. The van der Waals surface area contributed by atoms with Gasteiger partial charge in [-0.25, -0.2) is 4.57 Å². The quantitative estimate of drug-likeness (QED) is 0.0181. The summed E-state index contributed by atoms with van der Waals surface area (Å²) >= 11 is 0. The standard InChI is InChI=1S/C42H77O10P/c1-3-5-7-9-11-13-15-17-19-21-23-25-27-29-31-33-41(45)49-37-40(38-51-53(47,48)50-36-39(44)35-43)52-42(46)34-32-30-28-26-24-22-20-18-16-14-12-10-8-6-4-2/h13,15,17,19,28,30,39-40,43-44H,3-12,14,16,18,20-27,29,31-38H2,1-2H3,(H,47,48)/b15-13+,19-17+,30-28+/t39-,40+/m0/s1. The number of carbonyl (C=O) groups excluding carboxylic acids is 2. The number of hydrogen-bond acceptors (Lipinski definition) is 9. The fourth-order valence-corrected chi connectivity index (χ4v) is 6.32. The van der Waals surface area contributed by atoms with Gasteiger partial charge in [0, 0.05) is 12.8 Å². The van der Waals surface area contributed by atoms with Gasteiger partial charge in [-0.05, 0) is 51.4 Å². The topological polar surface area (TPSA) is 149 Å². The van der Waals surface area contributed by atoms with Gasteiger partial charge in [0.2, 0.25) is 0 Å². The molecule has 0 radical (unpaired) electrons. The van der Waals surface area contributed by atoms with Gasteiger partial charge in [0.15, 0.2) is 6.10 Å². The van der Waals surface area contributed by atoms with Crippen LogP contribution in [0.4, 0.5) is 0 Å². The van der Waals surface area contributed by atoms with E-state index in [-0.39, 0.29) is 19.4 Å². The van der Waals surface area contributed by atoms with E-state index in [1.54, 1.807) is 0 Å². The summed E-state index contributed by atoms with van der Waals surface area (Å²) in [5.41, 5.74) is 0. The number of carbonyl (C=O) groups is 2. The van der Waals surface area contributed by atoms with Crippen molar-refractivity contribution >= 4 is 19.8 Å². The van der Waals surface area contributed by atoms with Crippen molar-refractivity contribution in [3.63, 3.8) is 0 Å². The number of aliphatic hydroxyl groups excluding tert-OH is 2. The molecule has 0 bridgehead atoms. The number of phosphoric acid groups is 1. The van der Waals surface area contributed by atoms with Gasteiger partial charge in [-0.3, -0.25) is 18.6 Å². The first kappa shape index (κ1) is 51.2. The first-order valence-corrected chi connectivity index (χ1v) is 22.5. The summed E-state index contributed by atoms with van der Waals surface area (Å²) in [6.45, 7) is 2.30. The van der Waals surface area contributed by atoms with E-state index >= 15 is 0 Å². The molecular formula is C42H77O10P. The van der Waals surface area contributed by atoms with Crippen LogP contribution in [0.15, 0.2) is 36.5 Å². The molecule has 0 saturated carbocycles. The van der Waals surface area contributed by atoms with Gasteiger partial charge < -0.3 is 24.6 Å². The van der Waals surface area contributed by atoms with Crippen LogP contribution in [0.5, 0.6) is 0 Å². The highest BCUT2D eigenvalue weighted by atomic mass is 31.2. The molecule has 3 N–H and O–H groups in total. The second kappa shape index (κ2) is 38.5. The third-order valence-electron chi connectivity index (χ3n) is 8.81. The minimum absolute atomic E-state index is 0.0980. The highest BCUT2D eigenvalue weighted by Gasteiger charge is 2.27. The average Bonchev–Trinajstić information content (AvgIpc) is 3.14. The number of phosphoric ester groups is 1. The zero-order valence-electron chi connectivity index (χ0n) is 33.5. The first-order valence-electron chi connectivity index (χ1n) is 21.0. The summed E-state index contributed by atoms with van der Waals surface area (Å²) in [7, 11) is -4.63. The lowest BCUT2D eigenvalue weighted by Crippen LogP contribution is -2.29. The molecule has 0 saturated heterocycles. The zero-order valence-corrected chi connectivity index (χ0v) is 34.4. The molecule has 0 heterocycles. The molecule has 0 aliphatic rings.